The van der Waals surface area contributed by atoms with Crippen LogP contribution in [-0.2, 0) is 14.8 Å². The fourth-order valence-corrected chi connectivity index (χ4v) is 3.83. The smallest absolute Gasteiger partial charge is 0.269 e. The number of likely N-dealkylation sites (N-methyl/N-ethyl adjacent to an activating group) is 1. The second-order valence-corrected chi connectivity index (χ2v) is 8.15. The van der Waals surface area contributed by atoms with Crippen LogP contribution >= 0.6 is 11.8 Å². The first kappa shape index (κ1) is 19.9. The van der Waals surface area contributed by atoms with Crippen LogP contribution in [0.4, 0.5) is 11.4 Å². The Labute approximate surface area is 155 Å². The van der Waals surface area contributed by atoms with Gasteiger partial charge in [-0.25, -0.2) is 8.42 Å². The van der Waals surface area contributed by atoms with Crippen LogP contribution in [0, 0.1) is 10.1 Å². The summed E-state index contributed by atoms with van der Waals surface area (Å²) in [4.78, 5) is 23.0. The van der Waals surface area contributed by atoms with Crippen LogP contribution in [-0.4, -0.2) is 43.4 Å². The second kappa shape index (κ2) is 8.30. The Hall–Kier alpha value is -2.43. The molecule has 8 nitrogen and oxygen atoms in total. The van der Waals surface area contributed by atoms with Crippen molar-refractivity contribution in [2.75, 3.05) is 25.2 Å². The molecular weight excluding hydrogens is 378 g/mol. The van der Waals surface area contributed by atoms with Gasteiger partial charge in [-0.3, -0.25) is 14.9 Å². The van der Waals surface area contributed by atoms with E-state index in [0.717, 1.165) is 33.5 Å². The normalized spacial score (nSPS) is 11.3. The number of nitro groups is 1. The maximum absolute atomic E-state index is 12.5. The Kier molecular flexibility index (Phi) is 6.35. The van der Waals surface area contributed by atoms with Crippen molar-refractivity contribution in [3.8, 4) is 0 Å². The first-order valence-electron chi connectivity index (χ1n) is 7.39. The minimum Gasteiger partial charge on any atom is -0.324 e. The van der Waals surface area contributed by atoms with E-state index < -0.39 is 20.9 Å². The number of hydrogen-bond acceptors (Lipinski definition) is 6. The van der Waals surface area contributed by atoms with E-state index in [9.17, 15) is 23.3 Å². The number of hydrogen-bond donors (Lipinski definition) is 1. The van der Waals surface area contributed by atoms with E-state index in [2.05, 4.69) is 5.32 Å². The maximum Gasteiger partial charge on any atom is 0.269 e. The summed E-state index contributed by atoms with van der Waals surface area (Å²) in [5.74, 6) is -0.487. The Morgan fingerprint density at radius 2 is 1.81 bits per heavy atom. The zero-order valence-electron chi connectivity index (χ0n) is 14.1. The Morgan fingerprint density at radius 3 is 2.38 bits per heavy atom. The van der Waals surface area contributed by atoms with Gasteiger partial charge in [-0.15, -0.1) is 11.8 Å². The van der Waals surface area contributed by atoms with Gasteiger partial charge < -0.3 is 5.32 Å². The van der Waals surface area contributed by atoms with Crippen molar-refractivity contribution in [3.05, 3.63) is 58.6 Å². The van der Waals surface area contributed by atoms with Crippen LogP contribution in [0.1, 0.15) is 0 Å². The van der Waals surface area contributed by atoms with Crippen molar-refractivity contribution >= 4 is 39.1 Å². The molecule has 0 bridgehead atoms. The van der Waals surface area contributed by atoms with Gasteiger partial charge in [0.25, 0.3) is 5.69 Å². The Balaban J connectivity index is 2.11. The van der Waals surface area contributed by atoms with E-state index in [1.165, 1.54) is 18.8 Å². The molecule has 10 heteroatoms. The number of anilines is 1. The van der Waals surface area contributed by atoms with Crippen molar-refractivity contribution < 1.29 is 18.1 Å². The van der Waals surface area contributed by atoms with Gasteiger partial charge in [0.05, 0.1) is 22.1 Å². The number of nitro benzene ring substituents is 1. The van der Waals surface area contributed by atoms with Gasteiger partial charge in [0.1, 0.15) is 0 Å². The molecule has 26 heavy (non-hydrogen) atoms. The van der Waals surface area contributed by atoms with E-state index in [1.807, 2.05) is 18.4 Å². The summed E-state index contributed by atoms with van der Waals surface area (Å²) in [7, 11) is -2.67. The monoisotopic (exact) mass is 395 g/mol. The minimum absolute atomic E-state index is 0.122. The number of thioether (sulfide) groups is 1. The molecule has 1 amide bonds. The highest BCUT2D eigenvalue weighted by Gasteiger charge is 2.24. The summed E-state index contributed by atoms with van der Waals surface area (Å²) in [5, 5.41) is 13.3. The minimum atomic E-state index is -3.94. The van der Waals surface area contributed by atoms with E-state index in [4.69, 9.17) is 0 Å². The molecule has 0 atom stereocenters. The summed E-state index contributed by atoms with van der Waals surface area (Å²) in [6, 6.07) is 11.7. The van der Waals surface area contributed by atoms with Crippen LogP contribution < -0.4 is 5.32 Å². The van der Waals surface area contributed by atoms with Gasteiger partial charge in [0.15, 0.2) is 0 Å². The van der Waals surface area contributed by atoms with Crippen LogP contribution in [0.3, 0.4) is 0 Å². The lowest BCUT2D eigenvalue weighted by molar-refractivity contribution is -0.384. The highest BCUT2D eigenvalue weighted by Crippen LogP contribution is 2.24. The van der Waals surface area contributed by atoms with Gasteiger partial charge in [-0.1, -0.05) is 12.1 Å². The molecule has 0 aliphatic rings. The highest BCUT2D eigenvalue weighted by molar-refractivity contribution is 7.98. The van der Waals surface area contributed by atoms with Gasteiger partial charge in [0, 0.05) is 24.1 Å². The molecule has 0 aliphatic carbocycles. The number of benzene rings is 2. The largest absolute Gasteiger partial charge is 0.324 e. The van der Waals surface area contributed by atoms with Crippen LogP contribution in [0.2, 0.25) is 0 Å². The average Bonchev–Trinajstić information content (AvgIpc) is 2.62. The topological polar surface area (TPSA) is 110 Å². The lowest BCUT2D eigenvalue weighted by Crippen LogP contribution is -2.35. The molecule has 0 unspecified atom stereocenters. The first-order valence-corrected chi connectivity index (χ1v) is 10.1. The molecule has 0 heterocycles. The predicted molar refractivity (Wildman–Crippen MR) is 99.8 cm³/mol. The zero-order chi connectivity index (χ0) is 19.3. The van der Waals surface area contributed by atoms with E-state index in [-0.39, 0.29) is 17.1 Å². The number of carbonyl (C=O) groups is 1. The number of nitrogens with zero attached hydrogens (tertiary/aromatic N) is 2. The third kappa shape index (κ3) is 4.59. The van der Waals surface area contributed by atoms with Crippen molar-refractivity contribution in [1.29, 1.82) is 0 Å². The zero-order valence-corrected chi connectivity index (χ0v) is 15.7. The molecule has 0 radical (unpaired) electrons. The fourth-order valence-electron chi connectivity index (χ4n) is 2.14. The number of sulfonamides is 1. The lowest BCUT2D eigenvalue weighted by Gasteiger charge is -2.17. The van der Waals surface area contributed by atoms with Crippen molar-refractivity contribution in [2.24, 2.45) is 0 Å². The molecular formula is C16H17N3O5S2. The maximum atomic E-state index is 12.5. The second-order valence-electron chi connectivity index (χ2n) is 5.26. The molecule has 138 valence electrons. The number of nitrogens with one attached hydrogen (secondary N) is 1. The third-order valence-electron chi connectivity index (χ3n) is 3.50. The summed E-state index contributed by atoms with van der Waals surface area (Å²) in [6.07, 6.45) is 1.87. The van der Waals surface area contributed by atoms with Gasteiger partial charge in [-0.05, 0) is 30.5 Å². The molecule has 2 aromatic rings. The summed E-state index contributed by atoms with van der Waals surface area (Å²) >= 11 is 1.46. The number of amides is 1. The number of non-ortho nitro benzene ring substituents is 1. The molecule has 0 saturated carbocycles. The molecule has 1 N–H and O–H groups in total. The van der Waals surface area contributed by atoms with Crippen molar-refractivity contribution in [3.63, 3.8) is 0 Å². The summed E-state index contributed by atoms with van der Waals surface area (Å²) in [6.45, 7) is -0.387. The van der Waals surface area contributed by atoms with E-state index in [0.29, 0.717) is 5.69 Å². The number of rotatable bonds is 7. The van der Waals surface area contributed by atoms with E-state index in [1.54, 1.807) is 12.1 Å². The standard InChI is InChI=1S/C16H17N3O5S2/c1-18(11-16(20)17-14-5-3-4-6-15(14)25-2)26(23,24)13-9-7-12(8-10-13)19(21)22/h3-10H,11H2,1-2H3,(H,17,20). The summed E-state index contributed by atoms with van der Waals surface area (Å²) in [5.41, 5.74) is 0.393. The predicted octanol–water partition coefficient (Wildman–Crippen LogP) is 2.58. The van der Waals surface area contributed by atoms with Gasteiger partial charge >= 0.3 is 0 Å². The molecule has 0 spiro atoms. The van der Waals surface area contributed by atoms with Crippen LogP contribution in [0.25, 0.3) is 0 Å². The Morgan fingerprint density at radius 1 is 1.19 bits per heavy atom. The third-order valence-corrected chi connectivity index (χ3v) is 6.12. The van der Waals surface area contributed by atoms with Gasteiger partial charge in [0.2, 0.25) is 15.9 Å². The molecule has 2 aromatic carbocycles. The average molecular weight is 395 g/mol. The Bertz CT molecular complexity index is 914. The fraction of sp³-hybridized carbons (Fsp3) is 0.188. The number of para-hydroxylation sites is 1. The highest BCUT2D eigenvalue weighted by atomic mass is 32.2. The van der Waals surface area contributed by atoms with Crippen molar-refractivity contribution in [1.82, 2.24) is 4.31 Å². The molecule has 0 aliphatic heterocycles. The molecule has 0 aromatic heterocycles. The SMILES string of the molecule is CSc1ccccc1NC(=O)CN(C)S(=O)(=O)c1ccc([N+](=O)[O-])cc1. The van der Waals surface area contributed by atoms with Crippen molar-refractivity contribution in [2.45, 2.75) is 9.79 Å². The molecule has 0 fully saturated rings. The van der Waals surface area contributed by atoms with E-state index >= 15 is 0 Å². The molecule has 0 saturated heterocycles. The van der Waals surface area contributed by atoms with Crippen LogP contribution in [0.5, 0.6) is 0 Å². The van der Waals surface area contributed by atoms with Gasteiger partial charge in [-0.2, -0.15) is 4.31 Å². The van der Waals surface area contributed by atoms with Crippen LogP contribution in [0.15, 0.2) is 58.3 Å². The summed E-state index contributed by atoms with van der Waals surface area (Å²) < 4.78 is 25.9. The first-order chi connectivity index (χ1) is 12.3. The quantitative estimate of drug-likeness (QED) is 0.438. The lowest BCUT2D eigenvalue weighted by atomic mass is 10.3. The number of carbonyl (C=O) groups excluding carboxylic acids is 1. The molecule has 2 rings (SSSR count).